The second-order valence-corrected chi connectivity index (χ2v) is 7.31. The molecule has 1 aromatic carbocycles. The lowest BCUT2D eigenvalue weighted by Crippen LogP contribution is -2.09. The highest BCUT2D eigenvalue weighted by atomic mass is 32.2. The van der Waals surface area contributed by atoms with E-state index in [4.69, 9.17) is 4.74 Å². The van der Waals surface area contributed by atoms with Crippen molar-refractivity contribution in [2.24, 2.45) is 17.0 Å². The molecule has 2 rings (SSSR count). The highest BCUT2D eigenvalue weighted by molar-refractivity contribution is 8.14. The minimum absolute atomic E-state index is 0.593. The van der Waals surface area contributed by atoms with Gasteiger partial charge in [-0.2, -0.15) is 0 Å². The lowest BCUT2D eigenvalue weighted by Gasteiger charge is -2.09. The number of rotatable bonds is 6. The van der Waals surface area contributed by atoms with E-state index in [0.29, 0.717) is 6.54 Å². The third-order valence-corrected chi connectivity index (χ3v) is 4.92. The van der Waals surface area contributed by atoms with Crippen LogP contribution < -0.4 is 14.9 Å². The number of aliphatic imine (C=N–C) groups is 1. The van der Waals surface area contributed by atoms with E-state index in [1.807, 2.05) is 74.3 Å². The third kappa shape index (κ3) is 8.49. The van der Waals surface area contributed by atoms with Crippen molar-refractivity contribution in [3.63, 3.8) is 0 Å². The molecule has 0 bridgehead atoms. The molecule has 1 N–H and O–H groups in total. The van der Waals surface area contributed by atoms with Crippen LogP contribution in [0.25, 0.3) is 0 Å². The Morgan fingerprint density at radius 3 is 2.56 bits per heavy atom. The molecule has 0 unspecified atom stereocenters. The Balaban J connectivity index is 0.00000176. The largest absolute Gasteiger partial charge is 0.497 e. The third-order valence-electron chi connectivity index (χ3n) is 3.28. The zero-order valence-electron chi connectivity index (χ0n) is 17.0. The van der Waals surface area contributed by atoms with Crippen LogP contribution in [0.2, 0.25) is 0 Å². The van der Waals surface area contributed by atoms with E-state index in [1.165, 1.54) is 0 Å². The molecule has 0 aliphatic rings. The van der Waals surface area contributed by atoms with E-state index < -0.39 is 0 Å². The molecule has 5 nitrogen and oxygen atoms in total. The average molecular weight is 407 g/mol. The van der Waals surface area contributed by atoms with Gasteiger partial charge in [0, 0.05) is 30.0 Å². The van der Waals surface area contributed by atoms with E-state index in [9.17, 15) is 0 Å². The summed E-state index contributed by atoms with van der Waals surface area (Å²) in [5.74, 6) is 1.80. The van der Waals surface area contributed by atoms with Gasteiger partial charge in [-0.25, -0.2) is 4.99 Å². The molecule has 0 atom stereocenters. The molecule has 0 spiro atoms. The maximum absolute atomic E-state index is 5.18. The highest BCUT2D eigenvalue weighted by Gasteiger charge is 2.00. The van der Waals surface area contributed by atoms with E-state index in [0.717, 1.165) is 32.9 Å². The van der Waals surface area contributed by atoms with Crippen molar-refractivity contribution in [2.75, 3.05) is 24.7 Å². The molecule has 0 aliphatic heterocycles. The summed E-state index contributed by atoms with van der Waals surface area (Å²) in [5, 5.41) is 6.28. The minimum Gasteiger partial charge on any atom is -0.497 e. The van der Waals surface area contributed by atoms with Gasteiger partial charge in [0.1, 0.15) is 5.75 Å². The molecule has 1 heterocycles. The summed E-state index contributed by atoms with van der Waals surface area (Å²) in [4.78, 5) is 10.2. The van der Waals surface area contributed by atoms with Crippen molar-refractivity contribution in [2.45, 2.75) is 27.7 Å². The second kappa shape index (κ2) is 13.2. The highest BCUT2D eigenvalue weighted by Crippen LogP contribution is 2.17. The standard InChI is InChI=1S/C18H24N4OS2.C2H6/c1-5-24-17(21-15-6-8-16(23-4)9-7-15)19-11-10-14(2)20-18-22(3)12-13-25-18;1-2/h6-10,12-13H,5,11H2,1-4H3,(H,19,21);1-2H3/b14-10+,20-18?;. The van der Waals surface area contributed by atoms with E-state index in [-0.39, 0.29) is 0 Å². The molecule has 2 aromatic rings. The van der Waals surface area contributed by atoms with Gasteiger partial charge < -0.3 is 14.6 Å². The summed E-state index contributed by atoms with van der Waals surface area (Å²) in [7, 11) is 3.66. The monoisotopic (exact) mass is 406 g/mol. The molecule has 7 heteroatoms. The summed E-state index contributed by atoms with van der Waals surface area (Å²) in [5.41, 5.74) is 1.96. The summed E-state index contributed by atoms with van der Waals surface area (Å²) in [6.07, 6.45) is 4.04. The Hall–Kier alpha value is -1.99. The predicted octanol–water partition coefficient (Wildman–Crippen LogP) is 5.15. The zero-order valence-corrected chi connectivity index (χ0v) is 18.7. The molecule has 1 aromatic heterocycles. The number of nitrogens with zero attached hydrogens (tertiary/aromatic N) is 3. The van der Waals surface area contributed by atoms with E-state index >= 15 is 0 Å². The molecule has 0 saturated heterocycles. The summed E-state index contributed by atoms with van der Waals surface area (Å²) in [6, 6.07) is 7.83. The molecular formula is C20H30N4OS2. The van der Waals surface area contributed by atoms with Crippen LogP contribution in [0.4, 0.5) is 5.69 Å². The number of amidine groups is 1. The van der Waals surface area contributed by atoms with Crippen LogP contribution in [0.15, 0.2) is 57.6 Å². The first kappa shape index (κ1) is 23.0. The number of anilines is 1. The first-order chi connectivity index (χ1) is 13.1. The molecule has 27 heavy (non-hydrogen) atoms. The van der Waals surface area contributed by atoms with Crippen molar-refractivity contribution >= 4 is 34.0 Å². The van der Waals surface area contributed by atoms with Gasteiger partial charge >= 0.3 is 0 Å². The maximum Gasteiger partial charge on any atom is 0.189 e. The molecule has 0 saturated carbocycles. The molecule has 0 aliphatic carbocycles. The van der Waals surface area contributed by atoms with Crippen molar-refractivity contribution in [1.82, 2.24) is 4.57 Å². The predicted molar refractivity (Wildman–Crippen MR) is 121 cm³/mol. The Morgan fingerprint density at radius 2 is 2.00 bits per heavy atom. The maximum atomic E-state index is 5.18. The first-order valence-electron chi connectivity index (χ1n) is 9.02. The number of allylic oxidation sites excluding steroid dienone is 1. The topological polar surface area (TPSA) is 50.9 Å². The minimum atomic E-state index is 0.593. The fourth-order valence-electron chi connectivity index (χ4n) is 1.95. The van der Waals surface area contributed by atoms with Crippen LogP contribution >= 0.6 is 23.1 Å². The number of hydrogen-bond acceptors (Lipinski definition) is 5. The Morgan fingerprint density at radius 1 is 1.30 bits per heavy atom. The quantitative estimate of drug-likeness (QED) is 0.533. The lowest BCUT2D eigenvalue weighted by molar-refractivity contribution is 0.415. The average Bonchev–Trinajstić information content (AvgIpc) is 3.08. The van der Waals surface area contributed by atoms with Gasteiger partial charge in [0.2, 0.25) is 0 Å². The Labute approximate surface area is 170 Å². The SMILES string of the molecule is CC.CCSC(=NC/C=C(\C)N=c1sccn1C)Nc1ccc(OC)cc1. The molecule has 0 amide bonds. The molecule has 0 radical (unpaired) electrons. The van der Waals surface area contributed by atoms with Gasteiger partial charge in [-0.15, -0.1) is 11.3 Å². The van der Waals surface area contributed by atoms with Gasteiger partial charge in [0.25, 0.3) is 0 Å². The van der Waals surface area contributed by atoms with Gasteiger partial charge in [-0.05, 0) is 43.0 Å². The van der Waals surface area contributed by atoms with Crippen molar-refractivity contribution in [1.29, 1.82) is 0 Å². The number of hydrogen-bond donors (Lipinski definition) is 1. The summed E-state index contributed by atoms with van der Waals surface area (Å²) < 4.78 is 7.19. The summed E-state index contributed by atoms with van der Waals surface area (Å²) in [6.45, 7) is 8.71. The number of aromatic nitrogens is 1. The fraction of sp³-hybridized carbons (Fsp3) is 0.400. The van der Waals surface area contributed by atoms with Crippen molar-refractivity contribution < 1.29 is 4.74 Å². The number of thioether (sulfide) groups is 1. The van der Waals surface area contributed by atoms with E-state index in [1.54, 1.807) is 30.2 Å². The normalized spacial score (nSPS) is 12.4. The van der Waals surface area contributed by atoms with Crippen molar-refractivity contribution in [3.8, 4) is 5.75 Å². The van der Waals surface area contributed by atoms with Crippen LogP contribution in [-0.4, -0.2) is 29.1 Å². The second-order valence-electron chi connectivity index (χ2n) is 5.19. The van der Waals surface area contributed by atoms with Gasteiger partial charge in [0.05, 0.1) is 13.7 Å². The van der Waals surface area contributed by atoms with Gasteiger partial charge in [-0.3, -0.25) is 4.99 Å². The molecular weight excluding hydrogens is 376 g/mol. The van der Waals surface area contributed by atoms with Crippen LogP contribution in [-0.2, 0) is 7.05 Å². The van der Waals surface area contributed by atoms with Gasteiger partial charge in [-0.1, -0.05) is 32.5 Å². The molecule has 148 valence electrons. The van der Waals surface area contributed by atoms with Crippen LogP contribution in [0.3, 0.4) is 0 Å². The number of aryl methyl sites for hydroxylation is 1. The van der Waals surface area contributed by atoms with Crippen LogP contribution in [0, 0.1) is 0 Å². The number of benzene rings is 1. The zero-order chi connectivity index (χ0) is 20.1. The Kier molecular flexibility index (Phi) is 11.3. The molecule has 0 fully saturated rings. The Bertz CT molecular complexity index is 789. The van der Waals surface area contributed by atoms with E-state index in [2.05, 4.69) is 22.2 Å². The fourth-order valence-corrected chi connectivity index (χ4v) is 3.37. The number of methoxy groups -OCH3 is 1. The number of ether oxygens (including phenoxy) is 1. The number of thiazole rings is 1. The van der Waals surface area contributed by atoms with Crippen molar-refractivity contribution in [3.05, 3.63) is 52.4 Å². The van der Waals surface area contributed by atoms with Crippen LogP contribution in [0.5, 0.6) is 5.75 Å². The van der Waals surface area contributed by atoms with Gasteiger partial charge in [0.15, 0.2) is 9.97 Å². The number of nitrogens with one attached hydrogen (secondary N) is 1. The lowest BCUT2D eigenvalue weighted by atomic mass is 10.3. The first-order valence-corrected chi connectivity index (χ1v) is 10.9. The summed E-state index contributed by atoms with van der Waals surface area (Å²) >= 11 is 3.31. The van der Waals surface area contributed by atoms with Crippen LogP contribution in [0.1, 0.15) is 27.7 Å². The smallest absolute Gasteiger partial charge is 0.189 e.